The van der Waals surface area contributed by atoms with E-state index in [9.17, 15) is 4.79 Å². The molecule has 166 valence electrons. The van der Waals surface area contributed by atoms with Gasteiger partial charge in [-0.1, -0.05) is 19.1 Å². The fraction of sp³-hybridized carbons (Fsp3) is 0.320. The zero-order chi connectivity index (χ0) is 22.8. The first-order valence-corrected chi connectivity index (χ1v) is 11.2. The number of carbonyl (C=O) groups excluding carboxylic acids is 1. The zero-order valence-corrected chi connectivity index (χ0v) is 19.1. The van der Waals surface area contributed by atoms with E-state index in [0.29, 0.717) is 22.5 Å². The minimum atomic E-state index is -0.232. The molecule has 3 N–H and O–H groups in total. The molecule has 0 saturated carbocycles. The Hall–Kier alpha value is -3.61. The van der Waals surface area contributed by atoms with Crippen LogP contribution in [0.3, 0.4) is 0 Å². The molecule has 0 aliphatic carbocycles. The molecule has 32 heavy (non-hydrogen) atoms. The van der Waals surface area contributed by atoms with Crippen LogP contribution in [0, 0.1) is 0 Å². The summed E-state index contributed by atoms with van der Waals surface area (Å²) in [5.74, 6) is 0.108. The number of benzene rings is 2. The summed E-state index contributed by atoms with van der Waals surface area (Å²) < 4.78 is 1.83. The van der Waals surface area contributed by atoms with Gasteiger partial charge in [0.2, 0.25) is 0 Å². The van der Waals surface area contributed by atoms with Gasteiger partial charge in [-0.05, 0) is 63.6 Å². The van der Waals surface area contributed by atoms with Gasteiger partial charge in [0.05, 0.1) is 11.0 Å². The number of fused-ring (bicyclic) bond motifs is 2. The van der Waals surface area contributed by atoms with E-state index in [1.807, 2.05) is 54.8 Å². The minimum absolute atomic E-state index is 0.0297. The number of nitrogens with one attached hydrogen (secondary N) is 1. The number of anilines is 2. The Kier molecular flexibility index (Phi) is 5.99. The van der Waals surface area contributed by atoms with Crippen molar-refractivity contribution in [1.29, 1.82) is 0 Å². The van der Waals surface area contributed by atoms with Gasteiger partial charge in [0.1, 0.15) is 16.9 Å². The number of rotatable bonds is 7. The number of nitrogen functional groups attached to an aromatic ring is 1. The molecule has 0 aliphatic heterocycles. The first kappa shape index (κ1) is 21.6. The molecule has 2 heterocycles. The van der Waals surface area contributed by atoms with Crippen LogP contribution in [0.4, 0.5) is 11.5 Å². The van der Waals surface area contributed by atoms with Crippen LogP contribution in [0.1, 0.15) is 44.5 Å². The maximum absolute atomic E-state index is 13.2. The Morgan fingerprint density at radius 2 is 1.66 bits per heavy atom. The van der Waals surface area contributed by atoms with Crippen molar-refractivity contribution < 1.29 is 4.79 Å². The van der Waals surface area contributed by atoms with Crippen LogP contribution in [0.25, 0.3) is 27.9 Å². The highest BCUT2D eigenvalue weighted by Crippen LogP contribution is 2.31. The van der Waals surface area contributed by atoms with Gasteiger partial charge in [0.25, 0.3) is 5.91 Å². The van der Waals surface area contributed by atoms with Crippen LogP contribution in [-0.2, 0) is 0 Å². The molecule has 1 atom stereocenters. The van der Waals surface area contributed by atoms with E-state index in [1.165, 1.54) is 0 Å². The van der Waals surface area contributed by atoms with Crippen molar-refractivity contribution in [1.82, 2.24) is 19.9 Å². The number of amides is 1. The molecule has 0 unspecified atom stereocenters. The van der Waals surface area contributed by atoms with E-state index >= 15 is 0 Å². The summed E-state index contributed by atoms with van der Waals surface area (Å²) in [6.07, 6.45) is 0.825. The maximum Gasteiger partial charge on any atom is 0.257 e. The minimum Gasteiger partial charge on any atom is -0.384 e. The molecule has 7 nitrogen and oxygen atoms in total. The molecule has 1 amide bonds. The van der Waals surface area contributed by atoms with E-state index in [-0.39, 0.29) is 11.9 Å². The average molecular weight is 431 g/mol. The van der Waals surface area contributed by atoms with Crippen LogP contribution in [0.2, 0.25) is 0 Å². The standard InChI is InChI=1S/C25H30N6O/c1-5-16(4)27-25(32)21-22-24(29-20-11-9-8-10-19(20)28-22)31(23(21)26)18-14-12-17(13-15-18)30(6-2)7-3/h8-16H,5-7,26H2,1-4H3,(H,27,32)/t16-/m0/s1. The predicted molar refractivity (Wildman–Crippen MR) is 132 cm³/mol. The molecular weight excluding hydrogens is 400 g/mol. The molecule has 0 aliphatic rings. The molecular formula is C25H30N6O. The molecule has 0 radical (unpaired) electrons. The summed E-state index contributed by atoms with van der Waals surface area (Å²) in [5.41, 5.74) is 11.5. The monoisotopic (exact) mass is 430 g/mol. The van der Waals surface area contributed by atoms with Gasteiger partial charge >= 0.3 is 0 Å². The van der Waals surface area contributed by atoms with E-state index in [0.717, 1.165) is 41.9 Å². The third-order valence-electron chi connectivity index (χ3n) is 5.95. The lowest BCUT2D eigenvalue weighted by Crippen LogP contribution is -2.32. The molecule has 4 rings (SSSR count). The van der Waals surface area contributed by atoms with Crippen molar-refractivity contribution in [2.24, 2.45) is 0 Å². The van der Waals surface area contributed by atoms with E-state index in [1.54, 1.807) is 0 Å². The Bertz CT molecular complexity index is 1260. The Labute approximate surface area is 188 Å². The van der Waals surface area contributed by atoms with Crippen molar-refractivity contribution in [3.63, 3.8) is 0 Å². The number of hydrogen-bond donors (Lipinski definition) is 2. The van der Waals surface area contributed by atoms with Gasteiger partial charge in [-0.25, -0.2) is 9.97 Å². The smallest absolute Gasteiger partial charge is 0.257 e. The summed E-state index contributed by atoms with van der Waals surface area (Å²) in [4.78, 5) is 25.1. The molecule has 7 heteroatoms. The highest BCUT2D eigenvalue weighted by molar-refractivity contribution is 6.11. The van der Waals surface area contributed by atoms with Gasteiger partial charge in [-0.2, -0.15) is 0 Å². The Balaban J connectivity index is 1.92. The molecule has 0 spiro atoms. The van der Waals surface area contributed by atoms with E-state index < -0.39 is 0 Å². The van der Waals surface area contributed by atoms with Gasteiger partial charge in [0, 0.05) is 30.5 Å². The number of nitrogens with two attached hydrogens (primary N) is 1. The van der Waals surface area contributed by atoms with Gasteiger partial charge < -0.3 is 16.0 Å². The molecule has 0 saturated heterocycles. The molecule has 0 fully saturated rings. The fourth-order valence-corrected chi connectivity index (χ4v) is 3.95. The number of nitrogens with zero attached hydrogens (tertiary/aromatic N) is 4. The fourth-order valence-electron chi connectivity index (χ4n) is 3.95. The quantitative estimate of drug-likeness (QED) is 0.450. The summed E-state index contributed by atoms with van der Waals surface area (Å²) >= 11 is 0. The first-order chi connectivity index (χ1) is 15.5. The van der Waals surface area contributed by atoms with Crippen LogP contribution in [0.15, 0.2) is 48.5 Å². The average Bonchev–Trinajstić information content (AvgIpc) is 3.09. The molecule has 0 bridgehead atoms. The number of para-hydroxylation sites is 2. The van der Waals surface area contributed by atoms with Crippen molar-refractivity contribution in [2.45, 2.75) is 40.2 Å². The number of carbonyl (C=O) groups is 1. The summed E-state index contributed by atoms with van der Waals surface area (Å²) in [6, 6.07) is 15.8. The third-order valence-corrected chi connectivity index (χ3v) is 5.95. The van der Waals surface area contributed by atoms with Crippen LogP contribution in [0.5, 0.6) is 0 Å². The van der Waals surface area contributed by atoms with Crippen LogP contribution >= 0.6 is 0 Å². The first-order valence-electron chi connectivity index (χ1n) is 11.2. The number of hydrogen-bond acceptors (Lipinski definition) is 5. The van der Waals surface area contributed by atoms with E-state index in [4.69, 9.17) is 15.7 Å². The van der Waals surface area contributed by atoms with Crippen LogP contribution < -0.4 is 16.0 Å². The topological polar surface area (TPSA) is 89.1 Å². The van der Waals surface area contributed by atoms with Gasteiger partial charge in [0.15, 0.2) is 5.65 Å². The van der Waals surface area contributed by atoms with Gasteiger partial charge in [-0.3, -0.25) is 9.36 Å². The van der Waals surface area contributed by atoms with Crippen molar-refractivity contribution >= 4 is 39.6 Å². The summed E-state index contributed by atoms with van der Waals surface area (Å²) in [7, 11) is 0. The zero-order valence-electron chi connectivity index (χ0n) is 19.1. The molecule has 2 aromatic heterocycles. The molecule has 4 aromatic rings. The van der Waals surface area contributed by atoms with Crippen LogP contribution in [-0.4, -0.2) is 39.6 Å². The third kappa shape index (κ3) is 3.75. The lowest BCUT2D eigenvalue weighted by molar-refractivity contribution is 0.0941. The van der Waals surface area contributed by atoms with Gasteiger partial charge in [-0.15, -0.1) is 0 Å². The highest BCUT2D eigenvalue weighted by Gasteiger charge is 2.25. The second kappa shape index (κ2) is 8.86. The Morgan fingerprint density at radius 3 is 2.25 bits per heavy atom. The summed E-state index contributed by atoms with van der Waals surface area (Å²) in [6.45, 7) is 10.1. The second-order valence-electron chi connectivity index (χ2n) is 7.95. The van der Waals surface area contributed by atoms with Crippen molar-refractivity contribution in [3.05, 3.63) is 54.1 Å². The normalized spacial score (nSPS) is 12.2. The summed E-state index contributed by atoms with van der Waals surface area (Å²) in [5, 5.41) is 3.02. The van der Waals surface area contributed by atoms with E-state index in [2.05, 4.69) is 36.2 Å². The largest absolute Gasteiger partial charge is 0.384 e. The lowest BCUT2D eigenvalue weighted by Gasteiger charge is -2.21. The predicted octanol–water partition coefficient (Wildman–Crippen LogP) is 4.53. The molecule has 2 aromatic carbocycles. The van der Waals surface area contributed by atoms with Crippen molar-refractivity contribution in [3.8, 4) is 5.69 Å². The SMILES string of the molecule is CC[C@H](C)NC(=O)c1c(N)n(-c2ccc(N(CC)CC)cc2)c2nc3ccccc3nc12. The second-order valence-corrected chi connectivity index (χ2v) is 7.95. The lowest BCUT2D eigenvalue weighted by atomic mass is 10.2. The number of aromatic nitrogens is 3. The van der Waals surface area contributed by atoms with Crippen molar-refractivity contribution in [2.75, 3.05) is 23.7 Å². The maximum atomic E-state index is 13.2. The highest BCUT2D eigenvalue weighted by atomic mass is 16.1. The Morgan fingerprint density at radius 1 is 1.03 bits per heavy atom.